The summed E-state index contributed by atoms with van der Waals surface area (Å²) in [7, 11) is 1.88. The molecule has 1 saturated heterocycles. The topological polar surface area (TPSA) is 105 Å². The molecule has 0 saturated carbocycles. The third-order valence-electron chi connectivity index (χ3n) is 9.24. The van der Waals surface area contributed by atoms with E-state index < -0.39 is 17.3 Å². The first-order chi connectivity index (χ1) is 23.0. The van der Waals surface area contributed by atoms with Crippen LogP contribution in [0.15, 0.2) is 66.1 Å². The molecule has 48 heavy (non-hydrogen) atoms. The van der Waals surface area contributed by atoms with E-state index in [1.54, 1.807) is 17.2 Å². The molecule has 1 fully saturated rings. The Labute approximate surface area is 275 Å². The number of para-hydroxylation sites is 1. The van der Waals surface area contributed by atoms with Crippen molar-refractivity contribution in [3.8, 4) is 22.6 Å². The van der Waals surface area contributed by atoms with Crippen LogP contribution in [0.2, 0.25) is 0 Å². The van der Waals surface area contributed by atoms with E-state index in [9.17, 15) is 9.59 Å². The number of carbonyl (C=O) groups excluding carboxylic acids is 1. The largest absolute Gasteiger partial charge is 0.367 e. The fraction of sp³-hybridized carbons (Fsp3) is 0.314. The predicted octanol–water partition coefficient (Wildman–Crippen LogP) is 4.99. The molecule has 0 aliphatic carbocycles. The van der Waals surface area contributed by atoms with Gasteiger partial charge in [0.05, 0.1) is 40.8 Å². The summed E-state index contributed by atoms with van der Waals surface area (Å²) in [6, 6.07) is 10.9. The second kappa shape index (κ2) is 11.7. The molecule has 13 heteroatoms. The van der Waals surface area contributed by atoms with Gasteiger partial charge in [0.1, 0.15) is 23.0 Å². The van der Waals surface area contributed by atoms with Crippen LogP contribution < -0.4 is 15.5 Å². The summed E-state index contributed by atoms with van der Waals surface area (Å²) in [5.74, 6) is -1.49. The molecule has 11 nitrogen and oxygen atoms in total. The molecule has 7 rings (SSSR count). The number of amides is 1. The summed E-state index contributed by atoms with van der Waals surface area (Å²) in [4.78, 5) is 42.1. The first kappa shape index (κ1) is 31.2. The lowest BCUT2D eigenvalue weighted by molar-refractivity contribution is -0.128. The molecular formula is C35H35F2N9O2. The standard InChI is InChI=1S/C35H35F2N9O2/c1-7-29(47)43-15-21(5)44(16-20(43)4)33-24-14-26(37)31-30-25(36)11-9-12-27(30)45-18-22(40-41-45)17-42(6)28-13-8-10-23(19(2)3)32(28)46(34(24)38-31)35(48)39-33/h7-14,18-21H,1,15-17H2,2-6H3/t20-,21+/m1/s1. The average molecular weight is 652 g/mol. The van der Waals surface area contributed by atoms with Crippen molar-refractivity contribution in [3.63, 3.8) is 0 Å². The molecule has 1 amide bonds. The zero-order chi connectivity index (χ0) is 34.0. The lowest BCUT2D eigenvalue weighted by Gasteiger charge is -2.44. The fourth-order valence-electron chi connectivity index (χ4n) is 6.87. The number of fused-ring (bicyclic) bond motifs is 8. The molecule has 2 aliphatic heterocycles. The van der Waals surface area contributed by atoms with Gasteiger partial charge in [-0.1, -0.05) is 43.8 Å². The Morgan fingerprint density at radius 2 is 1.77 bits per heavy atom. The molecule has 2 aliphatic rings. The summed E-state index contributed by atoms with van der Waals surface area (Å²) < 4.78 is 35.2. The van der Waals surface area contributed by atoms with Crippen LogP contribution in [0.4, 0.5) is 20.3 Å². The molecular weight excluding hydrogens is 616 g/mol. The van der Waals surface area contributed by atoms with Gasteiger partial charge in [-0.2, -0.15) is 4.98 Å². The van der Waals surface area contributed by atoms with E-state index in [0.717, 1.165) is 5.56 Å². The van der Waals surface area contributed by atoms with Crippen LogP contribution in [0.1, 0.15) is 44.9 Å². The number of anilines is 2. The minimum absolute atomic E-state index is 0.0269. The number of halogens is 2. The Morgan fingerprint density at radius 3 is 2.52 bits per heavy atom. The van der Waals surface area contributed by atoms with E-state index in [4.69, 9.17) is 4.98 Å². The molecule has 246 valence electrons. The smallest absolute Gasteiger partial charge is 0.355 e. The van der Waals surface area contributed by atoms with E-state index >= 15 is 8.78 Å². The fourth-order valence-corrected chi connectivity index (χ4v) is 6.87. The normalized spacial score (nSPS) is 17.5. The van der Waals surface area contributed by atoms with Crippen molar-refractivity contribution in [2.75, 3.05) is 29.9 Å². The van der Waals surface area contributed by atoms with Crippen molar-refractivity contribution in [3.05, 3.63) is 94.7 Å². The third kappa shape index (κ3) is 4.92. The first-order valence-corrected chi connectivity index (χ1v) is 15.9. The monoisotopic (exact) mass is 651 g/mol. The van der Waals surface area contributed by atoms with Gasteiger partial charge >= 0.3 is 5.69 Å². The first-order valence-electron chi connectivity index (χ1n) is 15.9. The van der Waals surface area contributed by atoms with Gasteiger partial charge in [-0.25, -0.2) is 27.8 Å². The maximum atomic E-state index is 16.5. The minimum Gasteiger partial charge on any atom is -0.367 e. The number of piperazine rings is 1. The second-order valence-electron chi connectivity index (χ2n) is 12.8. The van der Waals surface area contributed by atoms with Gasteiger partial charge in [0.15, 0.2) is 11.5 Å². The molecule has 4 bridgehead atoms. The van der Waals surface area contributed by atoms with Crippen molar-refractivity contribution in [1.82, 2.24) is 34.4 Å². The van der Waals surface area contributed by atoms with Gasteiger partial charge in [0.25, 0.3) is 0 Å². The lowest BCUT2D eigenvalue weighted by Crippen LogP contribution is -2.58. The van der Waals surface area contributed by atoms with Crippen LogP contribution in [-0.2, 0) is 11.3 Å². The Morgan fingerprint density at radius 1 is 1.02 bits per heavy atom. The van der Waals surface area contributed by atoms with Gasteiger partial charge in [-0.15, -0.1) is 5.10 Å². The maximum Gasteiger partial charge on any atom is 0.355 e. The average Bonchev–Trinajstić information content (AvgIpc) is 3.52. The summed E-state index contributed by atoms with van der Waals surface area (Å²) in [5.41, 5.74) is 2.01. The van der Waals surface area contributed by atoms with E-state index in [1.165, 1.54) is 33.5 Å². The second-order valence-corrected chi connectivity index (χ2v) is 12.8. The number of hydrogen-bond acceptors (Lipinski definition) is 8. The van der Waals surface area contributed by atoms with Crippen LogP contribution in [0, 0.1) is 11.6 Å². The van der Waals surface area contributed by atoms with Crippen molar-refractivity contribution in [2.24, 2.45) is 0 Å². The number of benzene rings is 2. The third-order valence-corrected chi connectivity index (χ3v) is 9.24. The minimum atomic E-state index is -0.798. The zero-order valence-electron chi connectivity index (χ0n) is 27.4. The molecule has 5 heterocycles. The predicted molar refractivity (Wildman–Crippen MR) is 180 cm³/mol. The number of carbonyl (C=O) groups is 1. The summed E-state index contributed by atoms with van der Waals surface area (Å²) in [6.45, 7) is 12.5. The van der Waals surface area contributed by atoms with Crippen LogP contribution in [0.5, 0.6) is 0 Å². The number of nitrogens with zero attached hydrogens (tertiary/aromatic N) is 9. The van der Waals surface area contributed by atoms with Gasteiger partial charge in [-0.3, -0.25) is 4.79 Å². The molecule has 5 aromatic rings. The highest BCUT2D eigenvalue weighted by Crippen LogP contribution is 2.38. The quantitative estimate of drug-likeness (QED) is 0.252. The van der Waals surface area contributed by atoms with Gasteiger partial charge < -0.3 is 14.7 Å². The summed E-state index contributed by atoms with van der Waals surface area (Å²) >= 11 is 0. The number of rotatable bonds is 3. The lowest BCUT2D eigenvalue weighted by atomic mass is 9.99. The number of aromatic nitrogens is 6. The van der Waals surface area contributed by atoms with E-state index in [-0.39, 0.29) is 57.7 Å². The Hall–Kier alpha value is -5.46. The molecule has 3 aromatic heterocycles. The zero-order valence-corrected chi connectivity index (χ0v) is 27.4. The van der Waals surface area contributed by atoms with Crippen molar-refractivity contribution >= 4 is 28.4 Å². The Bertz CT molecular complexity index is 2180. The van der Waals surface area contributed by atoms with E-state index in [2.05, 4.69) is 21.9 Å². The number of pyridine rings is 1. The van der Waals surface area contributed by atoms with E-state index in [1.807, 2.05) is 62.7 Å². The highest BCUT2D eigenvalue weighted by Gasteiger charge is 2.35. The molecule has 0 N–H and O–H groups in total. The highest BCUT2D eigenvalue weighted by atomic mass is 19.1. The van der Waals surface area contributed by atoms with E-state index in [0.29, 0.717) is 36.7 Å². The van der Waals surface area contributed by atoms with Crippen LogP contribution in [0.25, 0.3) is 33.7 Å². The molecule has 0 unspecified atom stereocenters. The van der Waals surface area contributed by atoms with Crippen molar-refractivity contribution in [1.29, 1.82) is 0 Å². The van der Waals surface area contributed by atoms with Gasteiger partial charge in [0, 0.05) is 32.2 Å². The highest BCUT2D eigenvalue weighted by molar-refractivity contribution is 5.92. The summed E-state index contributed by atoms with van der Waals surface area (Å²) in [6.07, 6.45) is 2.96. The maximum absolute atomic E-state index is 16.5. The Kier molecular flexibility index (Phi) is 7.56. The SMILES string of the molecule is C=CC(=O)N1C[C@H](C)N(c2nc(=O)n3c4nc(c(F)cc24)-c2c(F)cccc2-n2cc(nn2)CN(C)c2cccc(C(C)C)c2-3)C[C@H]1C. The molecule has 2 atom stereocenters. The number of hydrogen-bond donors (Lipinski definition) is 0. The van der Waals surface area contributed by atoms with Crippen molar-refractivity contribution < 1.29 is 13.6 Å². The molecule has 0 spiro atoms. The van der Waals surface area contributed by atoms with Crippen LogP contribution >= 0.6 is 0 Å². The molecule has 2 aromatic carbocycles. The van der Waals surface area contributed by atoms with Crippen molar-refractivity contribution in [2.45, 2.75) is 52.2 Å². The Balaban J connectivity index is 1.59. The van der Waals surface area contributed by atoms with Gasteiger partial charge in [0.2, 0.25) is 5.91 Å². The van der Waals surface area contributed by atoms with Crippen LogP contribution in [0.3, 0.4) is 0 Å². The molecule has 0 radical (unpaired) electrons. The van der Waals surface area contributed by atoms with Gasteiger partial charge in [-0.05, 0) is 55.7 Å². The van der Waals surface area contributed by atoms with Crippen LogP contribution in [-0.4, -0.2) is 72.6 Å². The summed E-state index contributed by atoms with van der Waals surface area (Å²) in [5, 5.41) is 8.86.